The highest BCUT2D eigenvalue weighted by Gasteiger charge is 2.23. The summed E-state index contributed by atoms with van der Waals surface area (Å²) >= 11 is 1.07. The van der Waals surface area contributed by atoms with Crippen molar-refractivity contribution in [3.05, 3.63) is 46.1 Å². The zero-order valence-electron chi connectivity index (χ0n) is 16.2. The number of hydrogen-bond acceptors (Lipinski definition) is 7. The molecule has 1 aliphatic heterocycles. The van der Waals surface area contributed by atoms with E-state index < -0.39 is 22.5 Å². The molecule has 0 unspecified atom stereocenters. The van der Waals surface area contributed by atoms with Gasteiger partial charge in [-0.15, -0.1) is 0 Å². The van der Waals surface area contributed by atoms with Crippen molar-refractivity contribution in [2.45, 2.75) is 0 Å². The molecule has 0 fully saturated rings. The normalized spacial score (nSPS) is 13.3. The molecule has 11 heteroatoms. The molecule has 0 bridgehead atoms. The molecule has 0 saturated heterocycles. The van der Waals surface area contributed by atoms with Gasteiger partial charge in [0, 0.05) is 18.8 Å². The third-order valence-corrected chi connectivity index (χ3v) is 6.71. The number of ether oxygens (including phenoxy) is 2. The van der Waals surface area contributed by atoms with E-state index in [2.05, 4.69) is 5.32 Å². The second kappa shape index (κ2) is 7.65. The molecule has 0 aliphatic carbocycles. The number of fused-ring (bicyclic) bond motifs is 2. The standard InChI is InChI=1S/C19H19N3O6S2/c1-21-14-5-3-12(9-17(14)29-19(21)24)20-18(23)11-22(30(2,25)26)13-4-6-15-16(10-13)28-8-7-27-15/h3-6,9-10H,7-8,11H2,1-2H3,(H,20,23). The van der Waals surface area contributed by atoms with Crippen LogP contribution < -0.4 is 24.0 Å². The summed E-state index contributed by atoms with van der Waals surface area (Å²) in [6, 6.07) is 9.81. The van der Waals surface area contributed by atoms with Crippen LogP contribution in [0.3, 0.4) is 0 Å². The lowest BCUT2D eigenvalue weighted by Gasteiger charge is -2.24. The predicted octanol–water partition coefficient (Wildman–Crippen LogP) is 1.78. The van der Waals surface area contributed by atoms with Crippen LogP contribution in [-0.2, 0) is 21.9 Å². The van der Waals surface area contributed by atoms with Crippen LogP contribution in [0.1, 0.15) is 0 Å². The summed E-state index contributed by atoms with van der Waals surface area (Å²) in [7, 11) is -2.06. The minimum Gasteiger partial charge on any atom is -0.486 e. The summed E-state index contributed by atoms with van der Waals surface area (Å²) in [5.41, 5.74) is 1.54. The summed E-state index contributed by atoms with van der Waals surface area (Å²) in [6.07, 6.45) is 1.03. The van der Waals surface area contributed by atoms with Crippen molar-refractivity contribution in [3.63, 3.8) is 0 Å². The maximum Gasteiger partial charge on any atom is 0.307 e. The monoisotopic (exact) mass is 449 g/mol. The Morgan fingerprint density at radius 2 is 1.90 bits per heavy atom. The van der Waals surface area contributed by atoms with Crippen LogP contribution in [0, 0.1) is 0 Å². The highest BCUT2D eigenvalue weighted by Crippen LogP contribution is 2.34. The Morgan fingerprint density at radius 1 is 1.17 bits per heavy atom. The Morgan fingerprint density at radius 3 is 2.63 bits per heavy atom. The highest BCUT2D eigenvalue weighted by molar-refractivity contribution is 7.92. The van der Waals surface area contributed by atoms with Crippen molar-refractivity contribution < 1.29 is 22.7 Å². The number of amides is 1. The SMILES string of the molecule is Cn1c(=O)sc2cc(NC(=O)CN(c3ccc4c(c3)OCCO4)S(C)(=O)=O)ccc21. The van der Waals surface area contributed by atoms with Gasteiger partial charge in [0.2, 0.25) is 15.9 Å². The molecule has 0 saturated carbocycles. The molecule has 30 heavy (non-hydrogen) atoms. The number of nitrogens with one attached hydrogen (secondary N) is 1. The number of nitrogens with zero attached hydrogens (tertiary/aromatic N) is 2. The number of aryl methyl sites for hydroxylation is 1. The summed E-state index contributed by atoms with van der Waals surface area (Å²) in [4.78, 5) is 24.3. The van der Waals surface area contributed by atoms with Gasteiger partial charge in [-0.1, -0.05) is 11.3 Å². The van der Waals surface area contributed by atoms with Gasteiger partial charge in [-0.3, -0.25) is 13.9 Å². The number of hydrogen-bond donors (Lipinski definition) is 1. The van der Waals surface area contributed by atoms with Crippen molar-refractivity contribution in [1.29, 1.82) is 0 Å². The third kappa shape index (κ3) is 3.98. The molecule has 4 rings (SSSR count). The first-order valence-corrected chi connectivity index (χ1v) is 11.7. The minimum atomic E-state index is -3.74. The predicted molar refractivity (Wildman–Crippen MR) is 115 cm³/mol. The molecule has 2 heterocycles. The maximum absolute atomic E-state index is 12.6. The minimum absolute atomic E-state index is 0.102. The Kier molecular flexibility index (Phi) is 5.16. The van der Waals surface area contributed by atoms with E-state index in [1.54, 1.807) is 37.4 Å². The van der Waals surface area contributed by atoms with E-state index in [0.29, 0.717) is 36.1 Å². The van der Waals surface area contributed by atoms with E-state index in [-0.39, 0.29) is 4.87 Å². The summed E-state index contributed by atoms with van der Waals surface area (Å²) in [5, 5.41) is 2.69. The number of anilines is 2. The summed E-state index contributed by atoms with van der Waals surface area (Å²) in [5.74, 6) is 0.438. The summed E-state index contributed by atoms with van der Waals surface area (Å²) < 4.78 is 38.9. The van der Waals surface area contributed by atoms with Gasteiger partial charge in [-0.2, -0.15) is 0 Å². The Bertz CT molecular complexity index is 1300. The van der Waals surface area contributed by atoms with Crippen molar-refractivity contribution in [2.24, 2.45) is 7.05 Å². The molecular formula is C19H19N3O6S2. The molecule has 9 nitrogen and oxygen atoms in total. The molecule has 0 spiro atoms. The van der Waals surface area contributed by atoms with Gasteiger partial charge in [-0.05, 0) is 30.3 Å². The van der Waals surface area contributed by atoms with Gasteiger partial charge < -0.3 is 19.4 Å². The van der Waals surface area contributed by atoms with Crippen LogP contribution in [0.5, 0.6) is 11.5 Å². The lowest BCUT2D eigenvalue weighted by atomic mass is 10.2. The van der Waals surface area contributed by atoms with Crippen LogP contribution in [-0.4, -0.2) is 44.9 Å². The molecule has 1 aliphatic rings. The average molecular weight is 450 g/mol. The highest BCUT2D eigenvalue weighted by atomic mass is 32.2. The zero-order chi connectivity index (χ0) is 21.5. The van der Waals surface area contributed by atoms with Crippen molar-refractivity contribution in [1.82, 2.24) is 4.57 Å². The van der Waals surface area contributed by atoms with Crippen LogP contribution in [0.4, 0.5) is 11.4 Å². The maximum atomic E-state index is 12.6. The topological polar surface area (TPSA) is 107 Å². The number of aromatic nitrogens is 1. The molecule has 0 atom stereocenters. The lowest BCUT2D eigenvalue weighted by molar-refractivity contribution is -0.114. The number of carbonyl (C=O) groups is 1. The molecular weight excluding hydrogens is 430 g/mol. The fourth-order valence-corrected chi connectivity index (χ4v) is 4.90. The lowest BCUT2D eigenvalue weighted by Crippen LogP contribution is -2.37. The first kappa shape index (κ1) is 20.2. The van der Waals surface area contributed by atoms with E-state index in [1.165, 1.54) is 10.6 Å². The fourth-order valence-electron chi connectivity index (χ4n) is 3.13. The molecule has 0 radical (unpaired) electrons. The number of carbonyl (C=O) groups excluding carboxylic acids is 1. The average Bonchev–Trinajstić information content (AvgIpc) is 2.98. The van der Waals surface area contributed by atoms with E-state index >= 15 is 0 Å². The Hall–Kier alpha value is -3.05. The van der Waals surface area contributed by atoms with Crippen molar-refractivity contribution in [2.75, 3.05) is 35.6 Å². The van der Waals surface area contributed by atoms with E-state index in [9.17, 15) is 18.0 Å². The van der Waals surface area contributed by atoms with Crippen molar-refractivity contribution in [3.8, 4) is 11.5 Å². The van der Waals surface area contributed by atoms with Gasteiger partial charge in [0.25, 0.3) is 0 Å². The molecule has 1 N–H and O–H groups in total. The van der Waals surface area contributed by atoms with Crippen LogP contribution in [0.2, 0.25) is 0 Å². The number of rotatable bonds is 5. The molecule has 1 aromatic heterocycles. The molecule has 2 aromatic carbocycles. The van der Waals surface area contributed by atoms with E-state index in [4.69, 9.17) is 9.47 Å². The van der Waals surface area contributed by atoms with Crippen LogP contribution in [0.15, 0.2) is 41.2 Å². The fraction of sp³-hybridized carbons (Fsp3) is 0.263. The number of benzene rings is 2. The largest absolute Gasteiger partial charge is 0.486 e. The first-order chi connectivity index (χ1) is 14.2. The van der Waals surface area contributed by atoms with Gasteiger partial charge >= 0.3 is 4.87 Å². The number of thiazole rings is 1. The molecule has 158 valence electrons. The molecule has 3 aromatic rings. The number of sulfonamides is 1. The van der Waals surface area contributed by atoms with Crippen LogP contribution >= 0.6 is 11.3 Å². The smallest absolute Gasteiger partial charge is 0.307 e. The Balaban J connectivity index is 1.56. The first-order valence-electron chi connectivity index (χ1n) is 8.99. The quantitative estimate of drug-likeness (QED) is 0.636. The van der Waals surface area contributed by atoms with Crippen LogP contribution in [0.25, 0.3) is 10.2 Å². The summed E-state index contributed by atoms with van der Waals surface area (Å²) in [6.45, 7) is 0.371. The van der Waals surface area contributed by atoms with Gasteiger partial charge in [0.15, 0.2) is 11.5 Å². The molecule has 1 amide bonds. The second-order valence-electron chi connectivity index (χ2n) is 6.76. The van der Waals surface area contributed by atoms with Crippen molar-refractivity contribution >= 4 is 48.9 Å². The van der Waals surface area contributed by atoms with E-state index in [1.807, 2.05) is 0 Å². The second-order valence-corrected chi connectivity index (χ2v) is 9.66. The Labute approximate surface area is 176 Å². The van der Waals surface area contributed by atoms with Gasteiger partial charge in [-0.25, -0.2) is 8.42 Å². The van der Waals surface area contributed by atoms with Gasteiger partial charge in [0.05, 0.1) is 22.2 Å². The van der Waals surface area contributed by atoms with Gasteiger partial charge in [0.1, 0.15) is 19.8 Å². The zero-order valence-corrected chi connectivity index (χ0v) is 17.9. The van der Waals surface area contributed by atoms with E-state index in [0.717, 1.165) is 32.1 Å². The third-order valence-electron chi connectivity index (χ3n) is 4.58.